The van der Waals surface area contributed by atoms with Gasteiger partial charge >= 0.3 is 0 Å². The molecule has 0 spiro atoms. The first-order chi connectivity index (χ1) is 10.5. The minimum Gasteiger partial charge on any atom is -0.508 e. The normalized spacial score (nSPS) is 10.6. The van der Waals surface area contributed by atoms with Crippen LogP contribution in [0, 0.1) is 0 Å². The van der Waals surface area contributed by atoms with Gasteiger partial charge in [-0.1, -0.05) is 6.07 Å². The van der Waals surface area contributed by atoms with E-state index in [4.69, 9.17) is 0 Å². The van der Waals surface area contributed by atoms with E-state index in [0.29, 0.717) is 15.4 Å². The zero-order valence-corrected chi connectivity index (χ0v) is 13.1. The fourth-order valence-electron chi connectivity index (χ4n) is 1.67. The number of anilines is 1. The van der Waals surface area contributed by atoms with Crippen molar-refractivity contribution in [1.29, 1.82) is 0 Å². The van der Waals surface area contributed by atoms with Gasteiger partial charge in [0.2, 0.25) is 0 Å². The van der Waals surface area contributed by atoms with E-state index in [0.717, 1.165) is 11.3 Å². The van der Waals surface area contributed by atoms with Crippen molar-refractivity contribution in [2.75, 3.05) is 19.4 Å². The third-order valence-corrected chi connectivity index (χ3v) is 3.80. The van der Waals surface area contributed by atoms with E-state index in [2.05, 4.69) is 5.32 Å². The van der Waals surface area contributed by atoms with Crippen molar-refractivity contribution in [1.82, 2.24) is 4.90 Å². The van der Waals surface area contributed by atoms with Gasteiger partial charge in [0, 0.05) is 38.1 Å². The Morgan fingerprint density at radius 3 is 2.59 bits per heavy atom. The standard InChI is InChI=1S/C16H16N2O3S/c1-18(2)9-8-13(20)14-6-7-15(22-14)16(21)17-11-4-3-5-12(19)10-11/h3-10,19H,1-2H3,(H,17,21)/b9-8+. The second-order valence-corrected chi connectivity index (χ2v) is 5.90. The quantitative estimate of drug-likeness (QED) is 0.657. The van der Waals surface area contributed by atoms with Gasteiger partial charge in [-0.3, -0.25) is 9.59 Å². The van der Waals surface area contributed by atoms with E-state index in [-0.39, 0.29) is 17.4 Å². The first-order valence-electron chi connectivity index (χ1n) is 6.55. The molecule has 114 valence electrons. The number of aromatic hydroxyl groups is 1. The molecule has 0 radical (unpaired) electrons. The van der Waals surface area contributed by atoms with Gasteiger partial charge in [0.15, 0.2) is 5.78 Å². The number of phenols is 1. The summed E-state index contributed by atoms with van der Waals surface area (Å²) in [6, 6.07) is 9.54. The number of carbonyl (C=O) groups excluding carboxylic acids is 2. The lowest BCUT2D eigenvalue weighted by Crippen LogP contribution is -2.09. The summed E-state index contributed by atoms with van der Waals surface area (Å²) in [5, 5.41) is 12.0. The molecule has 2 aromatic rings. The number of phenolic OH excluding ortho intramolecular Hbond substituents is 1. The molecule has 6 heteroatoms. The highest BCUT2D eigenvalue weighted by molar-refractivity contribution is 7.16. The smallest absolute Gasteiger partial charge is 0.265 e. The Labute approximate surface area is 132 Å². The summed E-state index contributed by atoms with van der Waals surface area (Å²) in [6.07, 6.45) is 3.12. The molecule has 1 aromatic carbocycles. The third kappa shape index (κ3) is 4.20. The van der Waals surface area contributed by atoms with Crippen molar-refractivity contribution < 1.29 is 14.7 Å². The Kier molecular flexibility index (Phi) is 4.95. The SMILES string of the molecule is CN(C)/C=C/C(=O)c1ccc(C(=O)Nc2cccc(O)c2)s1. The topological polar surface area (TPSA) is 69.6 Å². The summed E-state index contributed by atoms with van der Waals surface area (Å²) in [4.78, 5) is 26.7. The zero-order chi connectivity index (χ0) is 16.1. The fourth-order valence-corrected chi connectivity index (χ4v) is 2.49. The van der Waals surface area contributed by atoms with Crippen LogP contribution in [0.5, 0.6) is 5.75 Å². The highest BCUT2D eigenvalue weighted by Gasteiger charge is 2.12. The summed E-state index contributed by atoms with van der Waals surface area (Å²) in [5.74, 6) is -0.380. The number of hydrogen-bond acceptors (Lipinski definition) is 5. The maximum atomic E-state index is 12.1. The molecule has 0 saturated carbocycles. The lowest BCUT2D eigenvalue weighted by atomic mass is 10.3. The molecule has 22 heavy (non-hydrogen) atoms. The maximum Gasteiger partial charge on any atom is 0.265 e. The molecule has 0 aliphatic heterocycles. The number of hydrogen-bond donors (Lipinski definition) is 2. The summed E-state index contributed by atoms with van der Waals surface area (Å²) in [5.41, 5.74) is 0.499. The fraction of sp³-hybridized carbons (Fsp3) is 0.125. The van der Waals surface area contributed by atoms with Crippen LogP contribution < -0.4 is 5.32 Å². The van der Waals surface area contributed by atoms with Gasteiger partial charge in [0.1, 0.15) is 5.75 Å². The largest absolute Gasteiger partial charge is 0.508 e. The van der Waals surface area contributed by atoms with Gasteiger partial charge in [-0.05, 0) is 24.3 Å². The Balaban J connectivity index is 2.07. The average molecular weight is 316 g/mol. The highest BCUT2D eigenvalue weighted by Crippen LogP contribution is 2.21. The van der Waals surface area contributed by atoms with E-state index in [1.807, 2.05) is 14.1 Å². The number of ketones is 1. The Morgan fingerprint density at radius 2 is 1.91 bits per heavy atom. The number of nitrogens with zero attached hydrogens (tertiary/aromatic N) is 1. The third-order valence-electron chi connectivity index (χ3n) is 2.70. The van der Waals surface area contributed by atoms with Crippen molar-refractivity contribution in [3.05, 3.63) is 58.4 Å². The van der Waals surface area contributed by atoms with Crippen LogP contribution in [-0.4, -0.2) is 35.8 Å². The molecule has 2 rings (SSSR count). The van der Waals surface area contributed by atoms with Crippen LogP contribution in [0.1, 0.15) is 19.3 Å². The number of nitrogens with one attached hydrogen (secondary N) is 1. The van der Waals surface area contributed by atoms with Crippen LogP contribution in [0.15, 0.2) is 48.7 Å². The first kappa shape index (κ1) is 15.8. The Hall–Kier alpha value is -2.60. The Bertz CT molecular complexity index is 720. The van der Waals surface area contributed by atoms with Crippen LogP contribution in [0.25, 0.3) is 0 Å². The van der Waals surface area contributed by atoms with E-state index < -0.39 is 0 Å². The molecular formula is C16H16N2O3S. The van der Waals surface area contributed by atoms with Gasteiger partial charge < -0.3 is 15.3 Å². The average Bonchev–Trinajstić information content (AvgIpc) is 2.94. The number of carbonyl (C=O) groups is 2. The summed E-state index contributed by atoms with van der Waals surface area (Å²) in [7, 11) is 3.65. The Morgan fingerprint density at radius 1 is 1.18 bits per heavy atom. The number of rotatable bonds is 5. The second-order valence-electron chi connectivity index (χ2n) is 4.81. The van der Waals surface area contributed by atoms with Crippen molar-refractivity contribution in [2.24, 2.45) is 0 Å². The molecule has 0 aliphatic rings. The van der Waals surface area contributed by atoms with Gasteiger partial charge in [-0.25, -0.2) is 0 Å². The highest BCUT2D eigenvalue weighted by atomic mass is 32.1. The lowest BCUT2D eigenvalue weighted by molar-refractivity contribution is 0.102. The van der Waals surface area contributed by atoms with Crippen molar-refractivity contribution >= 4 is 28.7 Å². The van der Waals surface area contributed by atoms with Crippen LogP contribution in [0.3, 0.4) is 0 Å². The second kappa shape index (κ2) is 6.91. The molecule has 1 heterocycles. The van der Waals surface area contributed by atoms with Crippen molar-refractivity contribution in [3.63, 3.8) is 0 Å². The minimum absolute atomic E-state index is 0.0775. The summed E-state index contributed by atoms with van der Waals surface area (Å²) in [6.45, 7) is 0. The summed E-state index contributed by atoms with van der Waals surface area (Å²) >= 11 is 1.13. The van der Waals surface area contributed by atoms with Crippen LogP contribution >= 0.6 is 11.3 Å². The molecule has 0 bridgehead atoms. The number of thiophene rings is 1. The maximum absolute atomic E-state index is 12.1. The van der Waals surface area contributed by atoms with Gasteiger partial charge in [0.25, 0.3) is 5.91 Å². The summed E-state index contributed by atoms with van der Waals surface area (Å²) < 4.78 is 0. The van der Waals surface area contributed by atoms with Crippen LogP contribution in [0.2, 0.25) is 0 Å². The lowest BCUT2D eigenvalue weighted by Gasteiger charge is -2.03. The molecule has 2 N–H and O–H groups in total. The van der Waals surface area contributed by atoms with Crippen molar-refractivity contribution in [3.8, 4) is 5.75 Å². The van der Waals surface area contributed by atoms with Crippen LogP contribution in [0.4, 0.5) is 5.69 Å². The van der Waals surface area contributed by atoms with E-state index in [1.165, 1.54) is 18.2 Å². The molecule has 0 saturated heterocycles. The molecule has 0 aliphatic carbocycles. The predicted octanol–water partition coefficient (Wildman–Crippen LogP) is 2.96. The van der Waals surface area contributed by atoms with Crippen molar-refractivity contribution in [2.45, 2.75) is 0 Å². The number of amides is 1. The first-order valence-corrected chi connectivity index (χ1v) is 7.36. The predicted molar refractivity (Wildman–Crippen MR) is 87.5 cm³/mol. The van der Waals surface area contributed by atoms with Gasteiger partial charge in [0.05, 0.1) is 9.75 Å². The van der Waals surface area contributed by atoms with E-state index in [1.54, 1.807) is 35.4 Å². The monoisotopic (exact) mass is 316 g/mol. The molecule has 0 fully saturated rings. The number of allylic oxidation sites excluding steroid dienone is 1. The van der Waals surface area contributed by atoms with Crippen LogP contribution in [-0.2, 0) is 0 Å². The molecule has 0 unspecified atom stereocenters. The van der Waals surface area contributed by atoms with E-state index >= 15 is 0 Å². The van der Waals surface area contributed by atoms with Gasteiger partial charge in [-0.2, -0.15) is 0 Å². The molecule has 5 nitrogen and oxygen atoms in total. The molecule has 0 atom stereocenters. The molecular weight excluding hydrogens is 300 g/mol. The molecule has 1 amide bonds. The van der Waals surface area contributed by atoms with E-state index in [9.17, 15) is 14.7 Å². The zero-order valence-electron chi connectivity index (χ0n) is 12.2. The number of benzene rings is 1. The molecule has 1 aromatic heterocycles. The van der Waals surface area contributed by atoms with Gasteiger partial charge in [-0.15, -0.1) is 11.3 Å². The minimum atomic E-state index is -0.314.